The largest absolute Gasteiger partial charge is 0.354 e. The molecule has 3 rings (SSSR count). The van der Waals surface area contributed by atoms with E-state index in [9.17, 15) is 13.2 Å². The molecule has 1 aromatic heterocycles. The number of aromatic nitrogens is 2. The van der Waals surface area contributed by atoms with Crippen LogP contribution in [-0.2, 0) is 14.8 Å². The lowest BCUT2D eigenvalue weighted by Crippen LogP contribution is -2.46. The minimum atomic E-state index is -3.55. The van der Waals surface area contributed by atoms with Crippen LogP contribution in [0.2, 0.25) is 0 Å². The lowest BCUT2D eigenvalue weighted by atomic mass is 9.99. The van der Waals surface area contributed by atoms with E-state index >= 15 is 0 Å². The molecule has 2 saturated heterocycles. The zero-order chi connectivity index (χ0) is 18.0. The van der Waals surface area contributed by atoms with Crippen molar-refractivity contribution < 1.29 is 13.2 Å². The highest BCUT2D eigenvalue weighted by molar-refractivity contribution is 7.89. The van der Waals surface area contributed by atoms with Gasteiger partial charge in [0.25, 0.3) is 0 Å². The van der Waals surface area contributed by atoms with Crippen LogP contribution in [0.1, 0.15) is 37.1 Å². The van der Waals surface area contributed by atoms with Gasteiger partial charge >= 0.3 is 0 Å². The molecule has 1 aromatic rings. The number of rotatable bonds is 5. The molecule has 2 fully saturated rings. The first-order chi connectivity index (χ1) is 11.9. The minimum Gasteiger partial charge on any atom is -0.354 e. The predicted octanol–water partition coefficient (Wildman–Crippen LogP) is 0.717. The third-order valence-electron chi connectivity index (χ3n) is 5.08. The molecule has 0 spiro atoms. The van der Waals surface area contributed by atoms with Crippen molar-refractivity contribution in [2.24, 2.45) is 5.92 Å². The molecule has 10 heteroatoms. The second kappa shape index (κ2) is 8.69. The predicted molar refractivity (Wildman–Crippen MR) is 101 cm³/mol. The molecule has 0 saturated carbocycles. The van der Waals surface area contributed by atoms with E-state index in [1.165, 1.54) is 4.31 Å². The Morgan fingerprint density at radius 2 is 2.08 bits per heavy atom. The molecule has 2 atom stereocenters. The summed E-state index contributed by atoms with van der Waals surface area (Å²) in [5.41, 5.74) is 1.07. The summed E-state index contributed by atoms with van der Waals surface area (Å²) in [6.07, 6.45) is 3.62. The maximum atomic E-state index is 13.0. The van der Waals surface area contributed by atoms with E-state index in [0.29, 0.717) is 31.0 Å². The highest BCUT2D eigenvalue weighted by Gasteiger charge is 2.33. The second-order valence-electron chi connectivity index (χ2n) is 7.03. The van der Waals surface area contributed by atoms with Gasteiger partial charge in [0, 0.05) is 19.6 Å². The summed E-state index contributed by atoms with van der Waals surface area (Å²) in [7, 11) is -3.55. The number of hydrogen-bond donors (Lipinski definition) is 3. The molecular weight excluding hydrogens is 378 g/mol. The Balaban J connectivity index is 0.00000243. The first-order valence-electron chi connectivity index (χ1n) is 8.92. The Kier molecular flexibility index (Phi) is 7.06. The Morgan fingerprint density at radius 1 is 1.31 bits per heavy atom. The number of amides is 1. The van der Waals surface area contributed by atoms with E-state index in [4.69, 9.17) is 0 Å². The van der Waals surface area contributed by atoms with Crippen LogP contribution in [0.25, 0.3) is 0 Å². The molecule has 1 amide bonds. The van der Waals surface area contributed by atoms with Gasteiger partial charge in [-0.15, -0.1) is 12.4 Å². The molecule has 0 radical (unpaired) electrons. The average molecular weight is 406 g/mol. The number of carbonyl (C=O) groups excluding carboxylic acids is 1. The van der Waals surface area contributed by atoms with Crippen LogP contribution in [0, 0.1) is 19.8 Å². The van der Waals surface area contributed by atoms with E-state index in [1.807, 2.05) is 0 Å². The van der Waals surface area contributed by atoms with Crippen LogP contribution in [0.4, 0.5) is 0 Å². The van der Waals surface area contributed by atoms with Gasteiger partial charge in [-0.2, -0.15) is 9.40 Å². The third kappa shape index (κ3) is 4.39. The quantitative estimate of drug-likeness (QED) is 0.669. The summed E-state index contributed by atoms with van der Waals surface area (Å²) in [5, 5.41) is 12.9. The lowest BCUT2D eigenvalue weighted by Gasteiger charge is -2.32. The number of carbonyl (C=O) groups is 1. The van der Waals surface area contributed by atoms with Crippen LogP contribution >= 0.6 is 12.4 Å². The number of H-pyrrole nitrogens is 1. The molecule has 8 nitrogen and oxygen atoms in total. The summed E-state index contributed by atoms with van der Waals surface area (Å²) < 4.78 is 27.4. The topological polar surface area (TPSA) is 107 Å². The first-order valence-corrected chi connectivity index (χ1v) is 10.4. The summed E-state index contributed by atoms with van der Waals surface area (Å²) in [5.74, 6) is 0.167. The SMILES string of the molecule is Cc1n[nH]c(C)c1S(=O)(=O)N1CCCC(CNC(=O)C2CCCN2)C1.Cl. The van der Waals surface area contributed by atoms with Crippen molar-refractivity contribution in [1.82, 2.24) is 25.1 Å². The van der Waals surface area contributed by atoms with Crippen molar-refractivity contribution >= 4 is 28.3 Å². The van der Waals surface area contributed by atoms with Crippen molar-refractivity contribution in [2.45, 2.75) is 50.5 Å². The fraction of sp³-hybridized carbons (Fsp3) is 0.750. The average Bonchev–Trinajstić information content (AvgIpc) is 3.23. The summed E-state index contributed by atoms with van der Waals surface area (Å²) in [6, 6.07) is -0.0975. The monoisotopic (exact) mass is 405 g/mol. The standard InChI is InChI=1S/C16H27N5O3S.ClH/c1-11-15(12(2)20-19-11)25(23,24)21-8-4-5-13(10-21)9-18-16(22)14-6-3-7-17-14;/h13-14,17H,3-10H2,1-2H3,(H,18,22)(H,19,20);1H. The van der Waals surface area contributed by atoms with E-state index in [1.54, 1.807) is 13.8 Å². The Bertz CT molecular complexity index is 711. The highest BCUT2D eigenvalue weighted by Crippen LogP contribution is 2.26. The van der Waals surface area contributed by atoms with Crippen molar-refractivity contribution in [3.63, 3.8) is 0 Å². The van der Waals surface area contributed by atoms with E-state index in [0.717, 1.165) is 32.2 Å². The van der Waals surface area contributed by atoms with Gasteiger partial charge in [0.2, 0.25) is 15.9 Å². The second-order valence-corrected chi connectivity index (χ2v) is 8.90. The van der Waals surface area contributed by atoms with Gasteiger partial charge in [-0.3, -0.25) is 9.89 Å². The fourth-order valence-corrected chi connectivity index (χ4v) is 5.62. The van der Waals surface area contributed by atoms with E-state index in [2.05, 4.69) is 20.8 Å². The molecule has 2 unspecified atom stereocenters. The first kappa shape index (κ1) is 21.1. The van der Waals surface area contributed by atoms with Crippen LogP contribution < -0.4 is 10.6 Å². The van der Waals surface area contributed by atoms with E-state index in [-0.39, 0.29) is 35.2 Å². The van der Waals surface area contributed by atoms with Crippen molar-refractivity contribution in [3.8, 4) is 0 Å². The normalized spacial score (nSPS) is 24.2. The molecule has 3 N–H and O–H groups in total. The van der Waals surface area contributed by atoms with Crippen LogP contribution in [-0.4, -0.2) is 61.0 Å². The molecule has 3 heterocycles. The zero-order valence-electron chi connectivity index (χ0n) is 15.2. The van der Waals surface area contributed by atoms with Gasteiger partial charge in [-0.05, 0) is 52.0 Å². The number of aromatic amines is 1. The third-order valence-corrected chi connectivity index (χ3v) is 7.21. The number of hydrogen-bond acceptors (Lipinski definition) is 5. The molecule has 2 aliphatic rings. The smallest absolute Gasteiger partial charge is 0.246 e. The van der Waals surface area contributed by atoms with Gasteiger partial charge < -0.3 is 10.6 Å². The zero-order valence-corrected chi connectivity index (χ0v) is 16.9. The summed E-state index contributed by atoms with van der Waals surface area (Å²) >= 11 is 0. The lowest BCUT2D eigenvalue weighted by molar-refractivity contribution is -0.123. The van der Waals surface area contributed by atoms with Gasteiger partial charge in [0.1, 0.15) is 4.90 Å². The molecular formula is C16H28ClN5O3S. The summed E-state index contributed by atoms with van der Waals surface area (Å²) in [4.78, 5) is 12.4. The number of nitrogens with one attached hydrogen (secondary N) is 3. The minimum absolute atomic E-state index is 0. The van der Waals surface area contributed by atoms with Crippen molar-refractivity contribution in [3.05, 3.63) is 11.4 Å². The molecule has 0 aromatic carbocycles. The van der Waals surface area contributed by atoms with Crippen molar-refractivity contribution in [2.75, 3.05) is 26.2 Å². The molecule has 148 valence electrons. The van der Waals surface area contributed by atoms with Gasteiger partial charge in [-0.25, -0.2) is 8.42 Å². The maximum absolute atomic E-state index is 13.0. The Hall–Kier alpha value is -1.16. The molecule has 26 heavy (non-hydrogen) atoms. The summed E-state index contributed by atoms with van der Waals surface area (Å²) in [6.45, 7) is 5.78. The van der Waals surface area contributed by atoms with Gasteiger partial charge in [0.05, 0.1) is 17.4 Å². The van der Waals surface area contributed by atoms with Gasteiger partial charge in [-0.1, -0.05) is 0 Å². The Morgan fingerprint density at radius 3 is 2.69 bits per heavy atom. The van der Waals surface area contributed by atoms with Gasteiger partial charge in [0.15, 0.2) is 0 Å². The number of aryl methyl sites for hydroxylation is 2. The molecule has 0 aliphatic carbocycles. The molecule has 2 aliphatic heterocycles. The fourth-order valence-electron chi connectivity index (χ4n) is 3.74. The maximum Gasteiger partial charge on any atom is 0.246 e. The Labute approximate surface area is 160 Å². The van der Waals surface area contributed by atoms with Crippen molar-refractivity contribution in [1.29, 1.82) is 0 Å². The molecule has 0 bridgehead atoms. The number of nitrogens with zero attached hydrogens (tertiary/aromatic N) is 2. The number of halogens is 1. The number of piperidine rings is 1. The number of sulfonamides is 1. The van der Waals surface area contributed by atoms with Crippen LogP contribution in [0.5, 0.6) is 0 Å². The van der Waals surface area contributed by atoms with Crippen LogP contribution in [0.3, 0.4) is 0 Å². The van der Waals surface area contributed by atoms with E-state index < -0.39 is 10.0 Å². The van der Waals surface area contributed by atoms with Crippen LogP contribution in [0.15, 0.2) is 4.90 Å². The highest BCUT2D eigenvalue weighted by atomic mass is 35.5.